The van der Waals surface area contributed by atoms with Crippen LogP contribution >= 0.6 is 11.3 Å². The van der Waals surface area contributed by atoms with Crippen molar-refractivity contribution in [1.29, 1.82) is 0 Å². The Hall–Kier alpha value is -2.28. The Kier molecular flexibility index (Phi) is 3.42. The maximum absolute atomic E-state index is 5.60. The summed E-state index contributed by atoms with van der Waals surface area (Å²) in [4.78, 5) is 12.9. The van der Waals surface area contributed by atoms with Gasteiger partial charge in [-0.1, -0.05) is 18.1 Å². The molecule has 7 heteroatoms. The van der Waals surface area contributed by atoms with E-state index in [1.165, 1.54) is 11.3 Å². The predicted molar refractivity (Wildman–Crippen MR) is 76.2 cm³/mol. The smallest absolute Gasteiger partial charge is 0.233 e. The lowest BCUT2D eigenvalue weighted by Gasteiger charge is -2.00. The molecule has 3 rings (SSSR count). The van der Waals surface area contributed by atoms with E-state index < -0.39 is 0 Å². The summed E-state index contributed by atoms with van der Waals surface area (Å²) < 4.78 is 5.25. The second-order valence-electron chi connectivity index (χ2n) is 4.23. The number of rotatable bonds is 4. The molecule has 6 nitrogen and oxygen atoms in total. The summed E-state index contributed by atoms with van der Waals surface area (Å²) in [6.07, 6.45) is 3.08. The molecule has 0 radical (unpaired) electrons. The molecule has 0 fully saturated rings. The van der Waals surface area contributed by atoms with Gasteiger partial charge in [0.2, 0.25) is 11.7 Å². The van der Waals surface area contributed by atoms with E-state index in [0.717, 1.165) is 23.4 Å². The van der Waals surface area contributed by atoms with Gasteiger partial charge in [0.25, 0.3) is 0 Å². The summed E-state index contributed by atoms with van der Waals surface area (Å²) in [5.41, 5.74) is 8.29. The predicted octanol–water partition coefficient (Wildman–Crippen LogP) is 2.32. The molecular formula is C13H13N5OS. The second-order valence-corrected chi connectivity index (χ2v) is 5.12. The monoisotopic (exact) mass is 287 g/mol. The van der Waals surface area contributed by atoms with Gasteiger partial charge in [0.15, 0.2) is 5.13 Å². The van der Waals surface area contributed by atoms with Crippen LogP contribution in [-0.4, -0.2) is 20.1 Å². The summed E-state index contributed by atoms with van der Waals surface area (Å²) in [5.74, 6) is 1.03. The van der Waals surface area contributed by atoms with Crippen LogP contribution < -0.4 is 5.73 Å². The SMILES string of the molecule is CCc1cccnc1-c1noc(Cc2csc(N)n2)n1. The zero-order valence-electron chi connectivity index (χ0n) is 10.9. The van der Waals surface area contributed by atoms with Crippen LogP contribution in [0.25, 0.3) is 11.5 Å². The fourth-order valence-electron chi connectivity index (χ4n) is 1.91. The van der Waals surface area contributed by atoms with Crippen molar-refractivity contribution in [2.45, 2.75) is 19.8 Å². The topological polar surface area (TPSA) is 90.7 Å². The molecule has 0 amide bonds. The Morgan fingerprint density at radius 3 is 3.00 bits per heavy atom. The van der Waals surface area contributed by atoms with E-state index in [9.17, 15) is 0 Å². The van der Waals surface area contributed by atoms with E-state index in [4.69, 9.17) is 10.3 Å². The van der Waals surface area contributed by atoms with Crippen LogP contribution in [0.3, 0.4) is 0 Å². The van der Waals surface area contributed by atoms with Crippen molar-refractivity contribution in [1.82, 2.24) is 20.1 Å². The molecule has 2 N–H and O–H groups in total. The van der Waals surface area contributed by atoms with E-state index in [-0.39, 0.29) is 0 Å². The number of hydrogen-bond acceptors (Lipinski definition) is 7. The standard InChI is InChI=1S/C13H13N5OS/c1-2-8-4-3-5-15-11(8)12-17-10(19-18-12)6-9-7-20-13(14)16-9/h3-5,7H,2,6H2,1H3,(H2,14,16). The Balaban J connectivity index is 1.86. The number of thiazole rings is 1. The van der Waals surface area contributed by atoms with Gasteiger partial charge in [-0.2, -0.15) is 4.98 Å². The number of aryl methyl sites for hydroxylation is 1. The van der Waals surface area contributed by atoms with Crippen LogP contribution in [0, 0.1) is 0 Å². The van der Waals surface area contributed by atoms with E-state index in [1.54, 1.807) is 6.20 Å². The van der Waals surface area contributed by atoms with Gasteiger partial charge in [-0.15, -0.1) is 11.3 Å². The number of nitrogens with zero attached hydrogens (tertiary/aromatic N) is 4. The molecule has 0 spiro atoms. The third-order valence-electron chi connectivity index (χ3n) is 2.85. The minimum absolute atomic E-state index is 0.481. The van der Waals surface area contributed by atoms with Crippen LogP contribution in [0.15, 0.2) is 28.2 Å². The first-order valence-corrected chi connectivity index (χ1v) is 7.11. The molecule has 0 aliphatic heterocycles. The highest BCUT2D eigenvalue weighted by Crippen LogP contribution is 2.20. The average Bonchev–Trinajstić information content (AvgIpc) is 3.08. The lowest BCUT2D eigenvalue weighted by Crippen LogP contribution is -1.94. The molecule has 0 atom stereocenters. The van der Waals surface area contributed by atoms with E-state index >= 15 is 0 Å². The highest BCUT2D eigenvalue weighted by molar-refractivity contribution is 7.13. The maximum Gasteiger partial charge on any atom is 0.233 e. The second kappa shape index (κ2) is 5.38. The van der Waals surface area contributed by atoms with Crippen LogP contribution in [0.4, 0.5) is 5.13 Å². The summed E-state index contributed by atoms with van der Waals surface area (Å²) in [6.45, 7) is 2.07. The Morgan fingerprint density at radius 1 is 1.35 bits per heavy atom. The van der Waals surface area contributed by atoms with Crippen molar-refractivity contribution in [3.05, 3.63) is 40.9 Å². The number of nitrogen functional groups attached to an aromatic ring is 1. The minimum atomic E-state index is 0.481. The molecule has 0 unspecified atom stereocenters. The van der Waals surface area contributed by atoms with Gasteiger partial charge in [-0.3, -0.25) is 4.98 Å². The van der Waals surface area contributed by atoms with Crippen LogP contribution in [0.1, 0.15) is 24.1 Å². The maximum atomic E-state index is 5.60. The van der Waals surface area contributed by atoms with E-state index in [0.29, 0.717) is 23.3 Å². The lowest BCUT2D eigenvalue weighted by molar-refractivity contribution is 0.385. The fourth-order valence-corrected chi connectivity index (χ4v) is 2.47. The van der Waals surface area contributed by atoms with Gasteiger partial charge in [-0.25, -0.2) is 4.98 Å². The third-order valence-corrected chi connectivity index (χ3v) is 3.58. The molecule has 0 aliphatic carbocycles. The van der Waals surface area contributed by atoms with Crippen molar-refractivity contribution in [3.63, 3.8) is 0 Å². The largest absolute Gasteiger partial charge is 0.375 e. The van der Waals surface area contributed by atoms with Gasteiger partial charge in [0, 0.05) is 11.6 Å². The first kappa shape index (κ1) is 12.7. The van der Waals surface area contributed by atoms with Gasteiger partial charge in [-0.05, 0) is 18.1 Å². The first-order valence-electron chi connectivity index (χ1n) is 6.23. The van der Waals surface area contributed by atoms with Gasteiger partial charge in [0.05, 0.1) is 12.1 Å². The molecule has 3 aromatic heterocycles. The third kappa shape index (κ3) is 2.53. The summed E-state index contributed by atoms with van der Waals surface area (Å²) in [5, 5.41) is 6.42. The summed E-state index contributed by atoms with van der Waals surface area (Å²) in [6, 6.07) is 3.92. The summed E-state index contributed by atoms with van der Waals surface area (Å²) >= 11 is 1.40. The zero-order chi connectivity index (χ0) is 13.9. The molecular weight excluding hydrogens is 274 g/mol. The van der Waals surface area contributed by atoms with Crippen molar-refractivity contribution in [2.24, 2.45) is 0 Å². The van der Waals surface area contributed by atoms with Crippen LogP contribution in [0.5, 0.6) is 0 Å². The van der Waals surface area contributed by atoms with Gasteiger partial charge in [0.1, 0.15) is 5.69 Å². The number of aromatic nitrogens is 4. The zero-order valence-corrected chi connectivity index (χ0v) is 11.7. The Labute approximate surface area is 119 Å². The first-order chi connectivity index (χ1) is 9.76. The highest BCUT2D eigenvalue weighted by Gasteiger charge is 2.14. The van der Waals surface area contributed by atoms with Crippen molar-refractivity contribution < 1.29 is 4.52 Å². The summed E-state index contributed by atoms with van der Waals surface area (Å²) in [7, 11) is 0. The number of nitrogens with two attached hydrogens (primary N) is 1. The molecule has 3 aromatic rings. The molecule has 0 aromatic carbocycles. The minimum Gasteiger partial charge on any atom is -0.375 e. The van der Waals surface area contributed by atoms with Gasteiger partial charge < -0.3 is 10.3 Å². The molecule has 0 saturated carbocycles. The molecule has 20 heavy (non-hydrogen) atoms. The molecule has 3 heterocycles. The van der Waals surface area contributed by atoms with Crippen LogP contribution in [-0.2, 0) is 12.8 Å². The van der Waals surface area contributed by atoms with Crippen LogP contribution in [0.2, 0.25) is 0 Å². The highest BCUT2D eigenvalue weighted by atomic mass is 32.1. The Bertz CT molecular complexity index is 721. The fraction of sp³-hybridized carbons (Fsp3) is 0.231. The molecule has 0 saturated heterocycles. The van der Waals surface area contributed by atoms with Crippen molar-refractivity contribution in [3.8, 4) is 11.5 Å². The van der Waals surface area contributed by atoms with E-state index in [2.05, 4.69) is 27.0 Å². The molecule has 0 aliphatic rings. The lowest BCUT2D eigenvalue weighted by atomic mass is 10.1. The Morgan fingerprint density at radius 2 is 2.25 bits per heavy atom. The molecule has 102 valence electrons. The van der Waals surface area contributed by atoms with E-state index in [1.807, 2.05) is 17.5 Å². The van der Waals surface area contributed by atoms with Crippen molar-refractivity contribution >= 4 is 16.5 Å². The average molecular weight is 287 g/mol. The normalized spacial score (nSPS) is 10.8. The number of anilines is 1. The quantitative estimate of drug-likeness (QED) is 0.792. The van der Waals surface area contributed by atoms with Gasteiger partial charge >= 0.3 is 0 Å². The number of pyridine rings is 1. The molecule has 0 bridgehead atoms. The number of hydrogen-bond donors (Lipinski definition) is 1. The van der Waals surface area contributed by atoms with Crippen molar-refractivity contribution in [2.75, 3.05) is 5.73 Å².